The molecule has 4 rings (SSSR count). The zero-order valence-corrected chi connectivity index (χ0v) is 19.5. The molecule has 2 aliphatic heterocycles. The average Bonchev–Trinajstić information content (AvgIpc) is 3.23. The van der Waals surface area contributed by atoms with Crippen molar-refractivity contribution >= 4 is 15.9 Å². The van der Waals surface area contributed by atoms with Gasteiger partial charge in [0.15, 0.2) is 0 Å². The van der Waals surface area contributed by atoms with Crippen LogP contribution in [0.15, 0.2) is 47.4 Å². The molecule has 1 atom stereocenters. The summed E-state index contributed by atoms with van der Waals surface area (Å²) in [6.45, 7) is 7.46. The summed E-state index contributed by atoms with van der Waals surface area (Å²) in [5, 5.41) is 0. The lowest BCUT2D eigenvalue weighted by atomic mass is 9.95. The number of benzene rings is 2. The van der Waals surface area contributed by atoms with Crippen LogP contribution in [0.3, 0.4) is 0 Å². The molecule has 2 fully saturated rings. The van der Waals surface area contributed by atoms with Crippen LogP contribution in [-0.2, 0) is 14.8 Å². The highest BCUT2D eigenvalue weighted by Gasteiger charge is 2.37. The normalized spacial score (nSPS) is 20.9. The molecule has 0 radical (unpaired) electrons. The van der Waals surface area contributed by atoms with Crippen molar-refractivity contribution in [3.05, 3.63) is 64.7 Å². The van der Waals surface area contributed by atoms with Gasteiger partial charge in [0.1, 0.15) is 0 Å². The quantitative estimate of drug-likeness (QED) is 0.709. The Balaban J connectivity index is 1.43. The molecule has 2 aliphatic rings. The molecule has 0 spiro atoms. The van der Waals surface area contributed by atoms with Crippen molar-refractivity contribution in [2.75, 3.05) is 19.6 Å². The molecule has 2 aromatic rings. The first-order valence-corrected chi connectivity index (χ1v) is 12.7. The third-order valence-electron chi connectivity index (χ3n) is 6.75. The van der Waals surface area contributed by atoms with Crippen LogP contribution in [-0.4, -0.2) is 43.2 Å². The molecule has 2 saturated heterocycles. The summed E-state index contributed by atoms with van der Waals surface area (Å²) in [5.41, 5.74) is 4.24. The summed E-state index contributed by atoms with van der Waals surface area (Å²) in [5.74, 6) is 0.0863. The number of aryl methyl sites for hydroxylation is 3. The van der Waals surface area contributed by atoms with Gasteiger partial charge in [0, 0.05) is 25.6 Å². The molecule has 31 heavy (non-hydrogen) atoms. The Morgan fingerprint density at radius 2 is 1.52 bits per heavy atom. The van der Waals surface area contributed by atoms with Gasteiger partial charge in [0.05, 0.1) is 10.9 Å². The van der Waals surface area contributed by atoms with Crippen molar-refractivity contribution in [2.45, 2.75) is 57.4 Å². The predicted molar refractivity (Wildman–Crippen MR) is 122 cm³/mol. The highest BCUT2D eigenvalue weighted by Crippen LogP contribution is 2.35. The van der Waals surface area contributed by atoms with Crippen LogP contribution in [0.2, 0.25) is 0 Å². The van der Waals surface area contributed by atoms with Crippen LogP contribution in [0.1, 0.15) is 54.0 Å². The Morgan fingerprint density at radius 1 is 0.871 bits per heavy atom. The zero-order chi connectivity index (χ0) is 22.2. The Hall–Kier alpha value is -2.18. The van der Waals surface area contributed by atoms with Gasteiger partial charge in [-0.05, 0) is 63.6 Å². The van der Waals surface area contributed by atoms with Gasteiger partial charge in [0.2, 0.25) is 15.9 Å². The number of hydrogen-bond donors (Lipinski definition) is 0. The molecule has 5 nitrogen and oxygen atoms in total. The predicted octanol–water partition coefficient (Wildman–Crippen LogP) is 4.38. The van der Waals surface area contributed by atoms with Gasteiger partial charge in [0.25, 0.3) is 0 Å². The van der Waals surface area contributed by atoms with E-state index in [1.807, 2.05) is 30.9 Å². The fourth-order valence-electron chi connectivity index (χ4n) is 4.97. The monoisotopic (exact) mass is 440 g/mol. The second-order valence-corrected chi connectivity index (χ2v) is 11.0. The molecule has 1 amide bonds. The number of carbonyl (C=O) groups is 1. The maximum absolute atomic E-state index is 13.3. The van der Waals surface area contributed by atoms with Crippen molar-refractivity contribution in [3.63, 3.8) is 0 Å². The van der Waals surface area contributed by atoms with Crippen LogP contribution in [0.25, 0.3) is 0 Å². The van der Waals surface area contributed by atoms with Crippen molar-refractivity contribution < 1.29 is 13.2 Å². The molecule has 2 heterocycles. The minimum atomic E-state index is -3.53. The molecule has 0 bridgehead atoms. The number of rotatable bonds is 4. The second kappa shape index (κ2) is 8.75. The molecule has 0 aromatic heterocycles. The van der Waals surface area contributed by atoms with Crippen LogP contribution in [0, 0.1) is 26.7 Å². The highest BCUT2D eigenvalue weighted by molar-refractivity contribution is 7.89. The van der Waals surface area contributed by atoms with Crippen LogP contribution in [0.5, 0.6) is 0 Å². The lowest BCUT2D eigenvalue weighted by Gasteiger charge is -2.34. The lowest BCUT2D eigenvalue weighted by Crippen LogP contribution is -2.44. The number of amides is 1. The number of nitrogens with zero attached hydrogens (tertiary/aromatic N) is 2. The van der Waals surface area contributed by atoms with E-state index in [4.69, 9.17) is 0 Å². The maximum atomic E-state index is 13.3. The smallest absolute Gasteiger partial charge is 0.243 e. The minimum absolute atomic E-state index is 0.100. The molecular weight excluding hydrogens is 408 g/mol. The summed E-state index contributed by atoms with van der Waals surface area (Å²) < 4.78 is 27.8. The second-order valence-electron chi connectivity index (χ2n) is 9.05. The van der Waals surface area contributed by atoms with Crippen molar-refractivity contribution in [1.29, 1.82) is 0 Å². The summed E-state index contributed by atoms with van der Waals surface area (Å²) in [6.07, 6.45) is 3.18. The molecule has 2 aromatic carbocycles. The molecular formula is C25H32N2O3S. The molecule has 166 valence electrons. The number of carbonyl (C=O) groups excluding carboxylic acids is 1. The van der Waals surface area contributed by atoms with E-state index in [1.54, 1.807) is 10.4 Å². The Bertz CT molecular complexity index is 1050. The first-order valence-electron chi connectivity index (χ1n) is 11.2. The van der Waals surface area contributed by atoms with Gasteiger partial charge in [-0.15, -0.1) is 0 Å². The molecule has 1 unspecified atom stereocenters. The first kappa shape index (κ1) is 22.0. The Morgan fingerprint density at radius 3 is 2.16 bits per heavy atom. The van der Waals surface area contributed by atoms with Gasteiger partial charge in [-0.25, -0.2) is 8.42 Å². The van der Waals surface area contributed by atoms with E-state index >= 15 is 0 Å². The van der Waals surface area contributed by atoms with Gasteiger partial charge in [-0.2, -0.15) is 4.31 Å². The van der Waals surface area contributed by atoms with Gasteiger partial charge < -0.3 is 4.90 Å². The van der Waals surface area contributed by atoms with Crippen LogP contribution < -0.4 is 0 Å². The zero-order valence-electron chi connectivity index (χ0n) is 18.7. The van der Waals surface area contributed by atoms with Gasteiger partial charge in [-0.1, -0.05) is 47.5 Å². The third-order valence-corrected chi connectivity index (χ3v) is 8.81. The molecule has 0 N–H and O–H groups in total. The SMILES string of the molecule is Cc1ccc(C2CCCN2C(=O)C2CCN(S(=O)(=O)c3ccc(C)cc3C)CC2)cc1. The maximum Gasteiger partial charge on any atom is 0.243 e. The van der Waals surface area contributed by atoms with Crippen LogP contribution >= 0.6 is 0 Å². The van der Waals surface area contributed by atoms with E-state index in [0.29, 0.717) is 30.8 Å². The number of hydrogen-bond acceptors (Lipinski definition) is 3. The fraction of sp³-hybridized carbons (Fsp3) is 0.480. The average molecular weight is 441 g/mol. The van der Waals surface area contributed by atoms with Crippen molar-refractivity contribution in [2.24, 2.45) is 5.92 Å². The molecule has 0 saturated carbocycles. The standard InChI is InChI=1S/C25H32N2O3S/c1-18-6-9-21(10-7-18)23-5-4-14-27(23)25(28)22-12-15-26(16-13-22)31(29,30)24-11-8-19(2)17-20(24)3/h6-11,17,22-23H,4-5,12-16H2,1-3H3. The summed E-state index contributed by atoms with van der Waals surface area (Å²) in [4.78, 5) is 15.7. The number of piperidine rings is 1. The van der Waals surface area contributed by atoms with E-state index < -0.39 is 10.0 Å². The van der Waals surface area contributed by atoms with E-state index in [2.05, 4.69) is 31.2 Å². The lowest BCUT2D eigenvalue weighted by molar-refractivity contribution is -0.137. The molecule has 0 aliphatic carbocycles. The topological polar surface area (TPSA) is 57.7 Å². The Labute approximate surface area is 186 Å². The van der Waals surface area contributed by atoms with Crippen molar-refractivity contribution in [1.82, 2.24) is 9.21 Å². The minimum Gasteiger partial charge on any atom is -0.335 e. The third kappa shape index (κ3) is 4.41. The first-order chi connectivity index (χ1) is 14.8. The largest absolute Gasteiger partial charge is 0.335 e. The van der Waals surface area contributed by atoms with E-state index in [-0.39, 0.29) is 17.9 Å². The van der Waals surface area contributed by atoms with Gasteiger partial charge >= 0.3 is 0 Å². The van der Waals surface area contributed by atoms with E-state index in [1.165, 1.54) is 11.1 Å². The fourth-order valence-corrected chi connectivity index (χ4v) is 6.65. The highest BCUT2D eigenvalue weighted by atomic mass is 32.2. The van der Waals surface area contributed by atoms with E-state index in [9.17, 15) is 13.2 Å². The van der Waals surface area contributed by atoms with Gasteiger partial charge in [-0.3, -0.25) is 4.79 Å². The van der Waals surface area contributed by atoms with Crippen molar-refractivity contribution in [3.8, 4) is 0 Å². The van der Waals surface area contributed by atoms with Crippen LogP contribution in [0.4, 0.5) is 0 Å². The summed E-state index contributed by atoms with van der Waals surface area (Å²) in [6, 6.07) is 14.1. The molecule has 6 heteroatoms. The number of sulfonamides is 1. The van der Waals surface area contributed by atoms with E-state index in [0.717, 1.165) is 30.5 Å². The number of likely N-dealkylation sites (tertiary alicyclic amines) is 1. The summed E-state index contributed by atoms with van der Waals surface area (Å²) >= 11 is 0. The summed E-state index contributed by atoms with van der Waals surface area (Å²) in [7, 11) is -3.53. The Kier molecular flexibility index (Phi) is 6.22.